The number of rotatable bonds is 3. The first-order chi connectivity index (χ1) is 17.1. The predicted octanol–water partition coefficient (Wildman–Crippen LogP) is 4.78. The van der Waals surface area contributed by atoms with Gasteiger partial charge in [0.2, 0.25) is 0 Å². The summed E-state index contributed by atoms with van der Waals surface area (Å²) in [4.78, 5) is 36.7. The molecule has 0 saturated carbocycles. The molecule has 36 heavy (non-hydrogen) atoms. The minimum absolute atomic E-state index is 0.179. The van der Waals surface area contributed by atoms with E-state index in [0.29, 0.717) is 11.3 Å². The highest BCUT2D eigenvalue weighted by Gasteiger charge is 2.41. The number of benzene rings is 2. The minimum atomic E-state index is -0.417. The van der Waals surface area contributed by atoms with Gasteiger partial charge >= 0.3 is 0 Å². The van der Waals surface area contributed by atoms with E-state index in [9.17, 15) is 9.59 Å². The summed E-state index contributed by atoms with van der Waals surface area (Å²) in [5, 5.41) is 0. The second-order valence-corrected chi connectivity index (χ2v) is 10.8. The summed E-state index contributed by atoms with van der Waals surface area (Å²) in [6.45, 7) is 8.35. The summed E-state index contributed by atoms with van der Waals surface area (Å²) in [6.07, 6.45) is 3.02. The van der Waals surface area contributed by atoms with Crippen molar-refractivity contribution in [1.82, 2.24) is 4.98 Å². The molecule has 182 valence electrons. The molecular formula is C29H27N3O4. The van der Waals surface area contributed by atoms with Crippen LogP contribution in [0.4, 0.5) is 5.69 Å². The van der Waals surface area contributed by atoms with E-state index < -0.39 is 5.91 Å². The number of pyridine rings is 1. The number of amides is 2. The molecule has 0 spiro atoms. The number of hydrogen-bond acceptors (Lipinski definition) is 6. The van der Waals surface area contributed by atoms with Crippen LogP contribution in [0.3, 0.4) is 0 Å². The average molecular weight is 482 g/mol. The third-order valence-electron chi connectivity index (χ3n) is 6.93. The Hall–Kier alpha value is -4.00. The van der Waals surface area contributed by atoms with E-state index in [0.717, 1.165) is 52.3 Å². The van der Waals surface area contributed by atoms with Gasteiger partial charge in [0.1, 0.15) is 11.3 Å². The summed E-state index contributed by atoms with van der Waals surface area (Å²) in [7, 11) is 1.67. The van der Waals surface area contributed by atoms with Gasteiger partial charge in [-0.1, -0.05) is 12.1 Å². The molecule has 0 saturated heterocycles. The van der Waals surface area contributed by atoms with Crippen molar-refractivity contribution in [2.75, 3.05) is 12.0 Å². The maximum atomic E-state index is 13.1. The van der Waals surface area contributed by atoms with E-state index in [1.165, 1.54) is 11.1 Å². The van der Waals surface area contributed by atoms with Crippen LogP contribution in [0, 0.1) is 0 Å². The smallest absolute Gasteiger partial charge is 0.284 e. The van der Waals surface area contributed by atoms with Crippen LogP contribution >= 0.6 is 0 Å². The zero-order valence-electron chi connectivity index (χ0n) is 21.0. The Kier molecular flexibility index (Phi) is 4.68. The molecule has 3 aliphatic heterocycles. The topological polar surface area (TPSA) is 81.1 Å². The normalized spacial score (nSPS) is 18.8. The van der Waals surface area contributed by atoms with Crippen molar-refractivity contribution >= 4 is 23.2 Å². The molecule has 0 atom stereocenters. The number of hydrogen-bond donors (Lipinski definition) is 0. The van der Waals surface area contributed by atoms with Gasteiger partial charge in [-0.15, -0.1) is 0 Å². The zero-order chi connectivity index (χ0) is 25.4. The van der Waals surface area contributed by atoms with Gasteiger partial charge in [-0.3, -0.25) is 19.6 Å². The summed E-state index contributed by atoms with van der Waals surface area (Å²) in [5.74, 6) is 0.710. The van der Waals surface area contributed by atoms with Crippen LogP contribution in [-0.4, -0.2) is 40.8 Å². The lowest BCUT2D eigenvalue weighted by atomic mass is 9.81. The largest absolute Gasteiger partial charge is 0.493 e. The highest BCUT2D eigenvalue weighted by Crippen LogP contribution is 2.48. The number of ether oxygens (including phenoxy) is 2. The average Bonchev–Trinajstić information content (AvgIpc) is 3.29. The standard InChI is InChI=1S/C29H27N3O4/c1-28(2)14-17-13-21(35-5)25-20(15-29(3,4)36-25)22(17)23(31-28)16-8-6-9-18(12-16)32-26(33)19-10-7-11-30-24(19)27(32)34/h6-13H,14-15H2,1-5H3. The van der Waals surface area contributed by atoms with Crippen LogP contribution in [0.5, 0.6) is 11.5 Å². The lowest BCUT2D eigenvalue weighted by Gasteiger charge is -2.31. The molecule has 1 aromatic heterocycles. The summed E-state index contributed by atoms with van der Waals surface area (Å²) < 4.78 is 12.0. The van der Waals surface area contributed by atoms with E-state index in [1.54, 1.807) is 25.3 Å². The molecule has 0 bridgehead atoms. The number of aromatic nitrogens is 1. The molecule has 7 nitrogen and oxygen atoms in total. The number of anilines is 1. The molecule has 0 unspecified atom stereocenters. The molecule has 4 heterocycles. The van der Waals surface area contributed by atoms with Gasteiger partial charge < -0.3 is 9.47 Å². The Morgan fingerprint density at radius 3 is 2.56 bits per heavy atom. The molecule has 3 aromatic rings. The van der Waals surface area contributed by atoms with E-state index in [4.69, 9.17) is 14.5 Å². The fourth-order valence-electron chi connectivity index (χ4n) is 5.52. The number of imide groups is 1. The monoisotopic (exact) mass is 481 g/mol. The third kappa shape index (κ3) is 3.33. The number of nitrogens with zero attached hydrogens (tertiary/aromatic N) is 3. The number of carbonyl (C=O) groups excluding carboxylic acids is 2. The number of carbonyl (C=O) groups is 2. The summed E-state index contributed by atoms with van der Waals surface area (Å²) in [5.41, 5.74) is 5.24. The van der Waals surface area contributed by atoms with Crippen molar-refractivity contribution in [2.45, 2.75) is 51.7 Å². The maximum Gasteiger partial charge on any atom is 0.284 e. The van der Waals surface area contributed by atoms with Crippen LogP contribution in [0.25, 0.3) is 0 Å². The van der Waals surface area contributed by atoms with Crippen molar-refractivity contribution in [3.05, 3.63) is 82.2 Å². The van der Waals surface area contributed by atoms with Crippen molar-refractivity contribution in [2.24, 2.45) is 4.99 Å². The van der Waals surface area contributed by atoms with Crippen LogP contribution < -0.4 is 14.4 Å². The van der Waals surface area contributed by atoms with Gasteiger partial charge in [0.25, 0.3) is 11.8 Å². The molecule has 6 rings (SSSR count). The van der Waals surface area contributed by atoms with Gasteiger partial charge in [-0.25, -0.2) is 4.90 Å². The molecule has 3 aliphatic rings. The first kappa shape index (κ1) is 22.5. The predicted molar refractivity (Wildman–Crippen MR) is 137 cm³/mol. The quantitative estimate of drug-likeness (QED) is 0.503. The van der Waals surface area contributed by atoms with E-state index >= 15 is 0 Å². The first-order valence-corrected chi connectivity index (χ1v) is 12.0. The lowest BCUT2D eigenvalue weighted by Crippen LogP contribution is -2.31. The van der Waals surface area contributed by atoms with Crippen molar-refractivity contribution in [3.63, 3.8) is 0 Å². The Bertz CT molecular complexity index is 1470. The highest BCUT2D eigenvalue weighted by molar-refractivity contribution is 6.34. The molecular weight excluding hydrogens is 454 g/mol. The molecule has 0 aliphatic carbocycles. The molecule has 0 radical (unpaired) electrons. The maximum absolute atomic E-state index is 13.1. The van der Waals surface area contributed by atoms with Gasteiger partial charge in [0, 0.05) is 29.3 Å². The number of methoxy groups -OCH3 is 1. The fourth-order valence-corrected chi connectivity index (χ4v) is 5.52. The summed E-state index contributed by atoms with van der Waals surface area (Å²) >= 11 is 0. The van der Waals surface area contributed by atoms with Crippen LogP contribution in [0.15, 0.2) is 53.7 Å². The van der Waals surface area contributed by atoms with Crippen LogP contribution in [-0.2, 0) is 12.8 Å². The Morgan fingerprint density at radius 2 is 1.81 bits per heavy atom. The first-order valence-electron chi connectivity index (χ1n) is 12.0. The second kappa shape index (κ2) is 7.50. The van der Waals surface area contributed by atoms with Crippen LogP contribution in [0.2, 0.25) is 0 Å². The Labute approximate surface area is 209 Å². The van der Waals surface area contributed by atoms with E-state index in [1.807, 2.05) is 18.2 Å². The van der Waals surface area contributed by atoms with Crippen LogP contribution in [0.1, 0.15) is 70.8 Å². The second-order valence-electron chi connectivity index (χ2n) is 10.8. The Balaban J connectivity index is 1.50. The molecule has 0 fully saturated rings. The number of fused-ring (bicyclic) bond motifs is 4. The molecule has 7 heteroatoms. The highest BCUT2D eigenvalue weighted by atomic mass is 16.5. The van der Waals surface area contributed by atoms with Gasteiger partial charge in [0.05, 0.1) is 29.6 Å². The van der Waals surface area contributed by atoms with Crippen molar-refractivity contribution in [1.29, 1.82) is 0 Å². The van der Waals surface area contributed by atoms with Gasteiger partial charge in [-0.05, 0) is 70.0 Å². The molecule has 0 N–H and O–H groups in total. The van der Waals surface area contributed by atoms with Gasteiger partial charge in [-0.2, -0.15) is 0 Å². The molecule has 2 amide bonds. The van der Waals surface area contributed by atoms with E-state index in [2.05, 4.69) is 38.7 Å². The van der Waals surface area contributed by atoms with Gasteiger partial charge in [0.15, 0.2) is 11.5 Å². The molecule has 2 aromatic carbocycles. The lowest BCUT2D eigenvalue weighted by molar-refractivity contribution is 0.0924. The SMILES string of the molecule is COc1cc2c(c3c1OC(C)(C)C3)C(c1cccc(N3C(=O)c4cccnc4C3=O)c1)=NC(C)(C)C2. The van der Waals surface area contributed by atoms with Crippen molar-refractivity contribution in [3.8, 4) is 11.5 Å². The third-order valence-corrected chi connectivity index (χ3v) is 6.93. The number of aliphatic imine (C=N–C) groups is 1. The fraction of sp³-hybridized carbons (Fsp3) is 0.310. The Morgan fingerprint density at radius 1 is 1.00 bits per heavy atom. The van der Waals surface area contributed by atoms with E-state index in [-0.39, 0.29) is 22.7 Å². The van der Waals surface area contributed by atoms with Crippen molar-refractivity contribution < 1.29 is 19.1 Å². The summed E-state index contributed by atoms with van der Waals surface area (Å²) in [6, 6.07) is 12.8. The zero-order valence-corrected chi connectivity index (χ0v) is 21.0. The minimum Gasteiger partial charge on any atom is -0.493 e.